The summed E-state index contributed by atoms with van der Waals surface area (Å²) in [6.07, 6.45) is -5.35. The molecule has 4 aliphatic carbocycles. The third kappa shape index (κ3) is 3.70. The first-order valence-corrected chi connectivity index (χ1v) is 14.0. The minimum absolute atomic E-state index is 0.0249. The van der Waals surface area contributed by atoms with Crippen LogP contribution in [0.2, 0.25) is 0 Å². The number of aliphatic hydroxyl groups is 8. The maximum atomic E-state index is 11.6. The number of hydrogen-bond acceptors (Lipinski definition) is 10. The Bertz CT molecular complexity index is 933. The molecule has 11 heteroatoms. The van der Waals surface area contributed by atoms with Crippen LogP contribution in [0.4, 0.5) is 0 Å². The molecule has 0 amide bonds. The van der Waals surface area contributed by atoms with Gasteiger partial charge in [0.2, 0.25) is 0 Å². The summed E-state index contributed by atoms with van der Waals surface area (Å²) in [6.45, 7) is 3.51. The van der Waals surface area contributed by atoms with E-state index >= 15 is 0 Å². The summed E-state index contributed by atoms with van der Waals surface area (Å²) in [5.74, 6) is -4.45. The predicted octanol–water partition coefficient (Wildman–Crippen LogP) is -1.04. The van der Waals surface area contributed by atoms with Crippen LogP contribution in [0.15, 0.2) is 0 Å². The van der Waals surface area contributed by atoms with E-state index in [9.17, 15) is 50.8 Å². The number of ether oxygens (including phenoxy) is 1. The van der Waals surface area contributed by atoms with Crippen LogP contribution in [0.1, 0.15) is 65.2 Å². The summed E-state index contributed by atoms with van der Waals surface area (Å²) < 4.78 is 5.41. The van der Waals surface area contributed by atoms with Crippen LogP contribution < -0.4 is 0 Å². The molecule has 0 spiro atoms. The van der Waals surface area contributed by atoms with Crippen LogP contribution in [0.3, 0.4) is 0 Å². The minimum Gasteiger partial charge on any atom is -0.479 e. The molecule has 5 fully saturated rings. The fraction of sp³-hybridized carbons (Fsp3) is 0.963. The maximum absolute atomic E-state index is 11.6. The molecule has 0 aromatic heterocycles. The van der Waals surface area contributed by atoms with Crippen molar-refractivity contribution in [2.45, 2.75) is 113 Å². The summed E-state index contributed by atoms with van der Waals surface area (Å²) in [5, 5.41) is 95.1. The van der Waals surface area contributed by atoms with Crippen molar-refractivity contribution in [1.29, 1.82) is 0 Å². The van der Waals surface area contributed by atoms with E-state index < -0.39 is 71.9 Å². The topological polar surface area (TPSA) is 208 Å². The SMILES string of the molecule is C[C@]12CCC([C@@]3(O)O[C@H](C(=O)O)[C@@H](O)[C@@H](O)[C@H]3O)CC1CCC1C2[C@H](O)C[C@@]2(C)C1CC[C@]2(O)[C@@H](O)CO. The molecule has 1 aliphatic heterocycles. The molecule has 218 valence electrons. The summed E-state index contributed by atoms with van der Waals surface area (Å²) in [7, 11) is 0. The van der Waals surface area contributed by atoms with Crippen molar-refractivity contribution in [2.75, 3.05) is 6.61 Å². The molecular formula is C27H44O11. The lowest BCUT2D eigenvalue weighted by atomic mass is 9.42. The van der Waals surface area contributed by atoms with E-state index in [0.717, 1.165) is 12.8 Å². The number of carboxylic acids is 1. The first-order chi connectivity index (χ1) is 17.7. The first-order valence-electron chi connectivity index (χ1n) is 14.0. The number of carboxylic acid groups (broad SMARTS) is 1. The summed E-state index contributed by atoms with van der Waals surface area (Å²) in [5.41, 5.74) is -2.54. The number of carbonyl (C=O) groups is 1. The highest BCUT2D eigenvalue weighted by atomic mass is 16.7. The Balaban J connectivity index is 1.39. The third-order valence-corrected chi connectivity index (χ3v) is 12.1. The Kier molecular flexibility index (Phi) is 7.02. The molecule has 9 N–H and O–H groups in total. The fourth-order valence-corrected chi connectivity index (χ4v) is 9.98. The Labute approximate surface area is 222 Å². The van der Waals surface area contributed by atoms with Gasteiger partial charge in [-0.3, -0.25) is 0 Å². The predicted molar refractivity (Wildman–Crippen MR) is 130 cm³/mol. The standard InChI is InChI=1S/C27H44O11/c1-24-7-5-13(27(37)22(33)20(32)19(31)21(38-27)23(34)35)9-12(24)3-4-14-15-6-8-26(36,17(30)11-28)25(15,2)10-16(29)18(14)24/h12-22,28-33,36-37H,3-11H2,1-2H3,(H,34,35)/t12?,13?,14?,15?,16-,17+,18?,19+,20-,21+,22-,24+,25+,26+,27-/m1/s1. The Hall–Kier alpha value is -0.890. The zero-order valence-electron chi connectivity index (χ0n) is 22.1. The van der Waals surface area contributed by atoms with Gasteiger partial charge in [0.1, 0.15) is 24.4 Å². The van der Waals surface area contributed by atoms with Gasteiger partial charge in [0.25, 0.3) is 0 Å². The monoisotopic (exact) mass is 544 g/mol. The number of fused-ring (bicyclic) bond motifs is 5. The average Bonchev–Trinajstić information content (AvgIpc) is 3.14. The lowest BCUT2D eigenvalue weighted by Gasteiger charge is -2.64. The second kappa shape index (κ2) is 9.32. The van der Waals surface area contributed by atoms with E-state index in [1.165, 1.54) is 0 Å². The molecule has 5 rings (SSSR count). The minimum atomic E-state index is -2.34. The molecule has 11 nitrogen and oxygen atoms in total. The van der Waals surface area contributed by atoms with Crippen molar-refractivity contribution in [3.05, 3.63) is 0 Å². The lowest BCUT2D eigenvalue weighted by Crippen LogP contribution is -2.69. The van der Waals surface area contributed by atoms with Gasteiger partial charge in [-0.2, -0.15) is 0 Å². The van der Waals surface area contributed by atoms with Crippen LogP contribution >= 0.6 is 0 Å². The molecule has 0 aromatic rings. The molecule has 15 atom stereocenters. The molecule has 0 bridgehead atoms. The quantitative estimate of drug-likeness (QED) is 0.209. The number of rotatable bonds is 4. The molecule has 1 saturated heterocycles. The van der Waals surface area contributed by atoms with Crippen molar-refractivity contribution >= 4 is 5.97 Å². The fourth-order valence-electron chi connectivity index (χ4n) is 9.98. The Morgan fingerprint density at radius 1 is 0.974 bits per heavy atom. The van der Waals surface area contributed by atoms with E-state index in [4.69, 9.17) is 4.74 Å². The Morgan fingerprint density at radius 2 is 1.66 bits per heavy atom. The zero-order valence-corrected chi connectivity index (χ0v) is 22.1. The molecule has 1 heterocycles. The Morgan fingerprint density at radius 3 is 2.29 bits per heavy atom. The van der Waals surface area contributed by atoms with E-state index in [1.807, 2.05) is 6.92 Å². The van der Waals surface area contributed by atoms with Gasteiger partial charge < -0.3 is 50.7 Å². The molecular weight excluding hydrogens is 500 g/mol. The van der Waals surface area contributed by atoms with Crippen molar-refractivity contribution in [1.82, 2.24) is 0 Å². The number of hydrogen-bond donors (Lipinski definition) is 9. The average molecular weight is 545 g/mol. The maximum Gasteiger partial charge on any atom is 0.335 e. The van der Waals surface area contributed by atoms with Gasteiger partial charge in [0.05, 0.1) is 18.3 Å². The zero-order chi connectivity index (χ0) is 28.0. The van der Waals surface area contributed by atoms with E-state index in [0.29, 0.717) is 38.5 Å². The summed E-state index contributed by atoms with van der Waals surface area (Å²) >= 11 is 0. The normalized spacial score (nSPS) is 57.4. The largest absolute Gasteiger partial charge is 0.479 e. The summed E-state index contributed by atoms with van der Waals surface area (Å²) in [4.78, 5) is 11.6. The first kappa shape index (κ1) is 28.6. The van der Waals surface area contributed by atoms with E-state index in [-0.39, 0.29) is 29.1 Å². The van der Waals surface area contributed by atoms with Gasteiger partial charge in [-0.05, 0) is 80.5 Å². The van der Waals surface area contributed by atoms with Gasteiger partial charge in [0.15, 0.2) is 11.9 Å². The van der Waals surface area contributed by atoms with E-state index in [2.05, 4.69) is 6.92 Å². The van der Waals surface area contributed by atoms with Gasteiger partial charge in [0, 0.05) is 11.3 Å². The molecule has 4 saturated carbocycles. The van der Waals surface area contributed by atoms with Gasteiger partial charge in [-0.25, -0.2) is 4.79 Å². The lowest BCUT2D eigenvalue weighted by molar-refractivity contribution is -0.367. The number of aliphatic hydroxyl groups excluding tert-OH is 6. The number of aliphatic carboxylic acids is 1. The highest BCUT2D eigenvalue weighted by molar-refractivity contribution is 5.73. The molecule has 0 radical (unpaired) electrons. The van der Waals surface area contributed by atoms with Crippen molar-refractivity contribution in [3.8, 4) is 0 Å². The van der Waals surface area contributed by atoms with Crippen molar-refractivity contribution in [3.63, 3.8) is 0 Å². The summed E-state index contributed by atoms with van der Waals surface area (Å²) in [6, 6.07) is 0. The van der Waals surface area contributed by atoms with E-state index in [1.54, 1.807) is 0 Å². The molecule has 5 aliphatic rings. The highest BCUT2D eigenvalue weighted by Gasteiger charge is 2.69. The molecule has 5 unspecified atom stereocenters. The van der Waals surface area contributed by atoms with Crippen LogP contribution in [0, 0.1) is 40.4 Å². The molecule has 38 heavy (non-hydrogen) atoms. The van der Waals surface area contributed by atoms with Crippen molar-refractivity contribution < 1.29 is 55.5 Å². The van der Waals surface area contributed by atoms with Crippen molar-refractivity contribution in [2.24, 2.45) is 40.4 Å². The van der Waals surface area contributed by atoms with Crippen LogP contribution in [0.25, 0.3) is 0 Å². The van der Waals surface area contributed by atoms with Crippen LogP contribution in [-0.4, -0.2) is 107 Å². The highest BCUT2D eigenvalue weighted by Crippen LogP contribution is 2.69. The smallest absolute Gasteiger partial charge is 0.335 e. The van der Waals surface area contributed by atoms with Crippen LogP contribution in [-0.2, 0) is 9.53 Å². The second-order valence-corrected chi connectivity index (χ2v) is 13.5. The third-order valence-electron chi connectivity index (χ3n) is 12.1. The van der Waals surface area contributed by atoms with Gasteiger partial charge >= 0.3 is 5.97 Å². The second-order valence-electron chi connectivity index (χ2n) is 13.5. The van der Waals surface area contributed by atoms with Gasteiger partial charge in [-0.15, -0.1) is 0 Å². The molecule has 0 aromatic carbocycles. The van der Waals surface area contributed by atoms with Gasteiger partial charge in [-0.1, -0.05) is 13.8 Å². The van der Waals surface area contributed by atoms with Crippen LogP contribution in [0.5, 0.6) is 0 Å².